The highest BCUT2D eigenvalue weighted by molar-refractivity contribution is 5.76. The van der Waals surface area contributed by atoms with Gasteiger partial charge in [0.1, 0.15) is 6.04 Å². The van der Waals surface area contributed by atoms with E-state index in [-0.39, 0.29) is 18.3 Å². The van der Waals surface area contributed by atoms with Crippen molar-refractivity contribution in [1.29, 1.82) is 0 Å². The third kappa shape index (κ3) is 8.65. The van der Waals surface area contributed by atoms with Crippen molar-refractivity contribution in [1.82, 2.24) is 5.32 Å². The summed E-state index contributed by atoms with van der Waals surface area (Å²) < 4.78 is 0. The molecule has 0 radical (unpaired) electrons. The maximum absolute atomic E-state index is 10.5. The molecular formula is C7H13NO7. The first kappa shape index (κ1) is 15.8. The zero-order chi connectivity index (χ0) is 11.1. The van der Waals surface area contributed by atoms with Gasteiger partial charge in [0.25, 0.3) is 0 Å². The summed E-state index contributed by atoms with van der Waals surface area (Å²) in [6, 6.07) is -1.14. The lowest BCUT2D eigenvalue weighted by molar-refractivity contribution is -0.141. The zero-order valence-corrected chi connectivity index (χ0v) is 7.77. The number of hydrogen-bond donors (Lipinski definition) is 4. The summed E-state index contributed by atoms with van der Waals surface area (Å²) in [7, 11) is 0. The Bertz CT molecular complexity index is 221. The molecule has 8 heteroatoms. The summed E-state index contributed by atoms with van der Waals surface area (Å²) in [5, 5.41) is 27.3. The molecule has 0 fully saturated rings. The van der Waals surface area contributed by atoms with Crippen molar-refractivity contribution in [3.05, 3.63) is 0 Å². The average molecular weight is 223 g/mol. The van der Waals surface area contributed by atoms with E-state index >= 15 is 0 Å². The molecule has 0 aliphatic rings. The Balaban J connectivity index is 0. The zero-order valence-electron chi connectivity index (χ0n) is 7.77. The fraction of sp³-hybridized carbons (Fsp3) is 0.571. The van der Waals surface area contributed by atoms with Crippen molar-refractivity contribution in [2.24, 2.45) is 0 Å². The number of carbonyl (C=O) groups is 3. The summed E-state index contributed by atoms with van der Waals surface area (Å²) >= 11 is 0. The van der Waals surface area contributed by atoms with Crippen molar-refractivity contribution in [2.45, 2.75) is 18.9 Å². The van der Waals surface area contributed by atoms with Gasteiger partial charge in [-0.3, -0.25) is 19.7 Å². The van der Waals surface area contributed by atoms with Gasteiger partial charge in [-0.05, 0) is 6.42 Å². The minimum Gasteiger partial charge on any atom is -0.481 e. The summed E-state index contributed by atoms with van der Waals surface area (Å²) in [5.41, 5.74) is 0. The van der Waals surface area contributed by atoms with Crippen LogP contribution in [0.25, 0.3) is 0 Å². The first-order valence-electron chi connectivity index (χ1n) is 3.83. The second-order valence-electron chi connectivity index (χ2n) is 2.60. The van der Waals surface area contributed by atoms with Gasteiger partial charge in [-0.2, -0.15) is 0 Å². The normalized spacial score (nSPS) is 11.2. The van der Waals surface area contributed by atoms with Crippen LogP contribution in [0.15, 0.2) is 0 Å². The van der Waals surface area contributed by atoms with Crippen LogP contribution in [0, 0.1) is 0 Å². The first-order chi connectivity index (χ1) is 6.43. The van der Waals surface area contributed by atoms with E-state index in [1.54, 1.807) is 0 Å². The third-order valence-corrected chi connectivity index (χ3v) is 1.44. The fourth-order valence-corrected chi connectivity index (χ4v) is 0.791. The van der Waals surface area contributed by atoms with Gasteiger partial charge in [-0.1, -0.05) is 0 Å². The van der Waals surface area contributed by atoms with Crippen LogP contribution in [-0.2, 0) is 14.4 Å². The van der Waals surface area contributed by atoms with Crippen molar-refractivity contribution in [3.8, 4) is 0 Å². The molecule has 0 spiro atoms. The van der Waals surface area contributed by atoms with E-state index in [4.69, 9.17) is 15.3 Å². The molecule has 0 saturated carbocycles. The number of aliphatic carboxylic acids is 3. The fourth-order valence-electron chi connectivity index (χ4n) is 0.791. The van der Waals surface area contributed by atoms with Gasteiger partial charge in [0.2, 0.25) is 0 Å². The molecule has 1 atom stereocenters. The average Bonchev–Trinajstić information content (AvgIpc) is 2.02. The molecule has 0 bridgehead atoms. The van der Waals surface area contributed by atoms with Crippen LogP contribution < -0.4 is 5.32 Å². The minimum atomic E-state index is -1.26. The highest BCUT2D eigenvalue weighted by Crippen LogP contribution is 1.97. The lowest BCUT2D eigenvalue weighted by Crippen LogP contribution is -2.39. The minimum absolute atomic E-state index is 0. The largest absolute Gasteiger partial charge is 0.481 e. The molecule has 0 unspecified atom stereocenters. The van der Waals surface area contributed by atoms with E-state index in [2.05, 4.69) is 5.32 Å². The van der Waals surface area contributed by atoms with Gasteiger partial charge in [0.15, 0.2) is 0 Å². The summed E-state index contributed by atoms with van der Waals surface area (Å²) in [6.07, 6.45) is -0.457. The third-order valence-electron chi connectivity index (χ3n) is 1.44. The van der Waals surface area contributed by atoms with Crippen molar-refractivity contribution >= 4 is 17.9 Å². The van der Waals surface area contributed by atoms with Crippen LogP contribution in [0.5, 0.6) is 0 Å². The number of rotatable bonds is 7. The molecule has 0 amide bonds. The van der Waals surface area contributed by atoms with E-state index in [0.717, 1.165) is 0 Å². The molecule has 0 aromatic rings. The molecule has 0 saturated heterocycles. The molecule has 0 aliphatic heterocycles. The molecule has 0 aliphatic carbocycles. The van der Waals surface area contributed by atoms with Crippen molar-refractivity contribution in [3.63, 3.8) is 0 Å². The summed E-state index contributed by atoms with van der Waals surface area (Å²) in [4.78, 5) is 30.7. The van der Waals surface area contributed by atoms with Crippen molar-refractivity contribution < 1.29 is 35.2 Å². The number of carboxylic acid groups (broad SMARTS) is 3. The predicted molar refractivity (Wildman–Crippen MR) is 47.5 cm³/mol. The van der Waals surface area contributed by atoms with Gasteiger partial charge in [0, 0.05) is 6.42 Å². The Hall–Kier alpha value is -1.67. The Kier molecular flexibility index (Phi) is 8.11. The summed E-state index contributed by atoms with van der Waals surface area (Å²) in [6.45, 7) is -0.503. The second kappa shape index (κ2) is 7.71. The molecule has 0 rings (SSSR count). The Morgan fingerprint density at radius 2 is 1.60 bits per heavy atom. The lowest BCUT2D eigenvalue weighted by Gasteiger charge is -2.10. The van der Waals surface area contributed by atoms with E-state index in [0.29, 0.717) is 0 Å². The topological polar surface area (TPSA) is 155 Å². The number of hydrogen-bond acceptors (Lipinski definition) is 4. The van der Waals surface area contributed by atoms with E-state index in [9.17, 15) is 14.4 Å². The molecular weight excluding hydrogens is 210 g/mol. The highest BCUT2D eigenvalue weighted by atomic mass is 16.4. The van der Waals surface area contributed by atoms with Gasteiger partial charge < -0.3 is 20.8 Å². The monoisotopic (exact) mass is 223 g/mol. The lowest BCUT2D eigenvalue weighted by atomic mass is 10.1. The van der Waals surface area contributed by atoms with Crippen molar-refractivity contribution in [2.75, 3.05) is 6.54 Å². The Morgan fingerprint density at radius 3 is 1.93 bits per heavy atom. The maximum atomic E-state index is 10.5. The van der Waals surface area contributed by atoms with Gasteiger partial charge in [0.05, 0.1) is 6.54 Å². The van der Waals surface area contributed by atoms with Crippen LogP contribution in [0.3, 0.4) is 0 Å². The maximum Gasteiger partial charge on any atom is 0.320 e. The molecule has 15 heavy (non-hydrogen) atoms. The standard InChI is InChI=1S/C7H11NO6.H2O/c9-5(10)2-1-4(7(13)14)8-3-6(11)12;/h4,8H,1-3H2,(H,9,10)(H,11,12)(H,13,14);1H2/t4-;/m0./s1. The molecule has 0 aromatic carbocycles. The summed E-state index contributed by atoms with van der Waals surface area (Å²) in [5.74, 6) is -3.56. The van der Waals surface area contributed by atoms with Crippen LogP contribution in [0.1, 0.15) is 12.8 Å². The molecule has 6 N–H and O–H groups in total. The quantitative estimate of drug-likeness (QED) is 0.394. The SMILES string of the molecule is O.O=C(O)CC[C@H](NCC(=O)O)C(=O)O. The van der Waals surface area contributed by atoms with Gasteiger partial charge in [-0.25, -0.2) is 0 Å². The highest BCUT2D eigenvalue weighted by Gasteiger charge is 2.18. The van der Waals surface area contributed by atoms with Gasteiger partial charge in [-0.15, -0.1) is 0 Å². The number of carboxylic acids is 3. The smallest absolute Gasteiger partial charge is 0.320 e. The van der Waals surface area contributed by atoms with Crippen LogP contribution >= 0.6 is 0 Å². The second-order valence-corrected chi connectivity index (χ2v) is 2.60. The van der Waals surface area contributed by atoms with E-state index in [1.165, 1.54) is 0 Å². The van der Waals surface area contributed by atoms with E-state index < -0.39 is 30.5 Å². The van der Waals surface area contributed by atoms with Crippen LogP contribution in [0.2, 0.25) is 0 Å². The van der Waals surface area contributed by atoms with Gasteiger partial charge >= 0.3 is 17.9 Å². The van der Waals surface area contributed by atoms with Crippen LogP contribution in [-0.4, -0.2) is 51.3 Å². The molecule has 0 heterocycles. The first-order valence-corrected chi connectivity index (χ1v) is 3.83. The van der Waals surface area contributed by atoms with Crippen LogP contribution in [0.4, 0.5) is 0 Å². The molecule has 0 aromatic heterocycles. The molecule has 8 nitrogen and oxygen atoms in total. The predicted octanol–water partition coefficient (Wildman–Crippen LogP) is -1.85. The van der Waals surface area contributed by atoms with E-state index in [1.807, 2.05) is 0 Å². The molecule has 88 valence electrons. The Labute approximate surface area is 84.8 Å². The Morgan fingerprint density at radius 1 is 1.07 bits per heavy atom. The number of nitrogens with one attached hydrogen (secondary N) is 1.